The highest BCUT2D eigenvalue weighted by molar-refractivity contribution is 5.91. The molecule has 1 aromatic rings. The Morgan fingerprint density at radius 3 is 2.72 bits per heavy atom. The number of methoxy groups -OCH3 is 1. The predicted octanol–water partition coefficient (Wildman–Crippen LogP) is 3.00. The maximum absolute atomic E-state index is 11.6. The maximum atomic E-state index is 11.6. The van der Waals surface area contributed by atoms with E-state index in [4.69, 9.17) is 4.74 Å². The van der Waals surface area contributed by atoms with Gasteiger partial charge in [-0.25, -0.2) is 4.79 Å². The summed E-state index contributed by atoms with van der Waals surface area (Å²) in [5, 5.41) is 9.28. The van der Waals surface area contributed by atoms with Crippen molar-refractivity contribution in [1.29, 1.82) is 5.26 Å². The van der Waals surface area contributed by atoms with Gasteiger partial charge in [-0.15, -0.1) is 0 Å². The van der Waals surface area contributed by atoms with Gasteiger partial charge < -0.3 is 4.74 Å². The minimum absolute atomic E-state index is 0.376. The molecule has 0 N–H and O–H groups in total. The highest BCUT2D eigenvalue weighted by Gasteiger charge is 2.21. The minimum atomic E-state index is -0.376. The fourth-order valence-electron chi connectivity index (χ4n) is 2.43. The third kappa shape index (κ3) is 2.24. The Morgan fingerprint density at radius 1 is 1.50 bits per heavy atom. The average molecular weight is 243 g/mol. The number of ether oxygens (including phenoxy) is 1. The molecule has 2 rings (SSSR count). The lowest BCUT2D eigenvalue weighted by atomic mass is 9.79. The van der Waals surface area contributed by atoms with Crippen LogP contribution in [0.15, 0.2) is 12.1 Å². The summed E-state index contributed by atoms with van der Waals surface area (Å²) < 4.78 is 4.72. The third-order valence-electron chi connectivity index (χ3n) is 3.80. The van der Waals surface area contributed by atoms with Gasteiger partial charge >= 0.3 is 5.97 Å². The first-order valence-electron chi connectivity index (χ1n) is 6.28. The van der Waals surface area contributed by atoms with Crippen molar-refractivity contribution < 1.29 is 9.53 Å². The Bertz CT molecular complexity index is 510. The van der Waals surface area contributed by atoms with Crippen LogP contribution in [-0.2, 0) is 11.2 Å². The largest absolute Gasteiger partial charge is 0.465 e. The van der Waals surface area contributed by atoms with Gasteiger partial charge in [0.1, 0.15) is 0 Å². The van der Waals surface area contributed by atoms with E-state index in [-0.39, 0.29) is 5.97 Å². The van der Waals surface area contributed by atoms with Crippen LogP contribution in [0.3, 0.4) is 0 Å². The second-order valence-electron chi connectivity index (χ2n) is 4.88. The summed E-state index contributed by atoms with van der Waals surface area (Å²) >= 11 is 0. The van der Waals surface area contributed by atoms with E-state index < -0.39 is 0 Å². The summed E-state index contributed by atoms with van der Waals surface area (Å²) in [5.74, 6) is 0.333. The number of benzene rings is 1. The number of hydrogen-bond donors (Lipinski definition) is 0. The van der Waals surface area contributed by atoms with Gasteiger partial charge in [-0.05, 0) is 36.5 Å². The van der Waals surface area contributed by atoms with E-state index in [1.54, 1.807) is 6.07 Å². The van der Waals surface area contributed by atoms with Crippen molar-refractivity contribution in [3.8, 4) is 6.07 Å². The number of esters is 1. The highest BCUT2D eigenvalue weighted by Crippen LogP contribution is 2.31. The number of rotatable bonds is 3. The van der Waals surface area contributed by atoms with Crippen molar-refractivity contribution in [1.82, 2.24) is 0 Å². The third-order valence-corrected chi connectivity index (χ3v) is 3.80. The summed E-state index contributed by atoms with van der Waals surface area (Å²) in [5.41, 5.74) is 2.93. The molecule has 0 spiro atoms. The molecule has 94 valence electrons. The fourth-order valence-corrected chi connectivity index (χ4v) is 2.43. The first kappa shape index (κ1) is 12.6. The second-order valence-corrected chi connectivity index (χ2v) is 4.88. The van der Waals surface area contributed by atoms with Crippen LogP contribution >= 0.6 is 0 Å². The Morgan fingerprint density at radius 2 is 2.22 bits per heavy atom. The van der Waals surface area contributed by atoms with E-state index in [2.05, 4.69) is 6.07 Å². The number of nitriles is 1. The lowest BCUT2D eigenvalue weighted by Crippen LogP contribution is -2.15. The number of nitrogens with zero attached hydrogens (tertiary/aromatic N) is 1. The molecule has 0 radical (unpaired) electrons. The average Bonchev–Trinajstić information content (AvgIpc) is 2.33. The Hall–Kier alpha value is -1.82. The SMILES string of the molecule is COC(=O)c1ccc(CC2CCC2)c(C#N)c1C. The van der Waals surface area contributed by atoms with Crippen LogP contribution < -0.4 is 0 Å². The van der Waals surface area contributed by atoms with Gasteiger partial charge in [-0.2, -0.15) is 5.26 Å². The maximum Gasteiger partial charge on any atom is 0.338 e. The van der Waals surface area contributed by atoms with E-state index in [9.17, 15) is 10.1 Å². The van der Waals surface area contributed by atoms with Crippen LogP contribution in [0.25, 0.3) is 0 Å². The van der Waals surface area contributed by atoms with E-state index in [1.165, 1.54) is 26.4 Å². The van der Waals surface area contributed by atoms with Crippen LogP contribution in [0.1, 0.15) is 46.3 Å². The second kappa shape index (κ2) is 5.22. The normalized spacial score (nSPS) is 14.7. The van der Waals surface area contributed by atoms with Gasteiger partial charge in [0.25, 0.3) is 0 Å². The van der Waals surface area contributed by atoms with Gasteiger partial charge in [0, 0.05) is 0 Å². The monoisotopic (exact) mass is 243 g/mol. The Balaban J connectivity index is 2.34. The standard InChI is InChI=1S/C15H17NO2/c1-10-13(15(17)18-2)7-6-12(14(10)9-16)8-11-4-3-5-11/h6-7,11H,3-5,8H2,1-2H3. The summed E-state index contributed by atoms with van der Waals surface area (Å²) in [4.78, 5) is 11.6. The van der Waals surface area contributed by atoms with Crippen molar-refractivity contribution in [3.63, 3.8) is 0 Å². The Labute approximate surface area is 107 Å². The quantitative estimate of drug-likeness (QED) is 0.767. The zero-order valence-corrected chi connectivity index (χ0v) is 10.8. The molecule has 1 saturated carbocycles. The topological polar surface area (TPSA) is 50.1 Å². The van der Waals surface area contributed by atoms with Crippen LogP contribution in [0.2, 0.25) is 0 Å². The van der Waals surface area contributed by atoms with Crippen molar-refractivity contribution in [2.45, 2.75) is 32.6 Å². The van der Waals surface area contributed by atoms with Crippen LogP contribution in [0.4, 0.5) is 0 Å². The molecule has 3 heteroatoms. The molecule has 0 atom stereocenters. The lowest BCUT2D eigenvalue weighted by molar-refractivity contribution is 0.0600. The molecule has 1 aliphatic carbocycles. The molecule has 1 aliphatic rings. The highest BCUT2D eigenvalue weighted by atomic mass is 16.5. The molecule has 0 aromatic heterocycles. The first-order chi connectivity index (χ1) is 8.67. The molecule has 3 nitrogen and oxygen atoms in total. The molecule has 0 aliphatic heterocycles. The molecule has 1 fully saturated rings. The molecule has 0 saturated heterocycles. The van der Waals surface area contributed by atoms with Gasteiger partial charge in [0.2, 0.25) is 0 Å². The summed E-state index contributed by atoms with van der Waals surface area (Å²) in [6, 6.07) is 5.90. The van der Waals surface area contributed by atoms with Crippen molar-refractivity contribution >= 4 is 5.97 Å². The minimum Gasteiger partial charge on any atom is -0.465 e. The zero-order chi connectivity index (χ0) is 13.1. The van der Waals surface area contributed by atoms with E-state index in [1.807, 2.05) is 13.0 Å². The number of carbonyl (C=O) groups excluding carboxylic acids is 1. The van der Waals surface area contributed by atoms with Crippen LogP contribution in [-0.4, -0.2) is 13.1 Å². The molecule has 18 heavy (non-hydrogen) atoms. The van der Waals surface area contributed by atoms with Gasteiger partial charge in [-0.1, -0.05) is 25.3 Å². The molecular weight excluding hydrogens is 226 g/mol. The summed E-state index contributed by atoms with van der Waals surface area (Å²) in [7, 11) is 1.36. The number of hydrogen-bond acceptors (Lipinski definition) is 3. The van der Waals surface area contributed by atoms with Gasteiger partial charge in [-0.3, -0.25) is 0 Å². The van der Waals surface area contributed by atoms with E-state index in [0.717, 1.165) is 17.5 Å². The molecule has 0 unspecified atom stereocenters. The molecular formula is C15H17NO2. The van der Waals surface area contributed by atoms with Crippen molar-refractivity contribution in [2.75, 3.05) is 7.11 Å². The molecule has 0 amide bonds. The zero-order valence-electron chi connectivity index (χ0n) is 10.8. The summed E-state index contributed by atoms with van der Waals surface area (Å²) in [6.45, 7) is 1.81. The Kier molecular flexibility index (Phi) is 3.66. The fraction of sp³-hybridized carbons (Fsp3) is 0.467. The van der Waals surface area contributed by atoms with E-state index in [0.29, 0.717) is 17.0 Å². The number of carbonyl (C=O) groups is 1. The molecule has 1 aromatic carbocycles. The lowest BCUT2D eigenvalue weighted by Gasteiger charge is -2.26. The molecule has 0 heterocycles. The van der Waals surface area contributed by atoms with Gasteiger partial charge in [0.05, 0.1) is 24.3 Å². The van der Waals surface area contributed by atoms with Crippen LogP contribution in [0, 0.1) is 24.2 Å². The van der Waals surface area contributed by atoms with Crippen molar-refractivity contribution in [3.05, 3.63) is 34.4 Å². The summed E-state index contributed by atoms with van der Waals surface area (Å²) in [6.07, 6.45) is 4.75. The molecule has 0 bridgehead atoms. The van der Waals surface area contributed by atoms with Gasteiger partial charge in [0.15, 0.2) is 0 Å². The predicted molar refractivity (Wildman–Crippen MR) is 68.3 cm³/mol. The smallest absolute Gasteiger partial charge is 0.338 e. The van der Waals surface area contributed by atoms with Crippen LogP contribution in [0.5, 0.6) is 0 Å². The first-order valence-corrected chi connectivity index (χ1v) is 6.28. The van der Waals surface area contributed by atoms with E-state index >= 15 is 0 Å². The van der Waals surface area contributed by atoms with Crippen molar-refractivity contribution in [2.24, 2.45) is 5.92 Å².